The molecule has 0 radical (unpaired) electrons. The molecule has 2 N–H and O–H groups in total. The highest BCUT2D eigenvalue weighted by molar-refractivity contribution is 5.74. The molecule has 0 aliphatic heterocycles. The van der Waals surface area contributed by atoms with E-state index in [2.05, 4.69) is 9.97 Å². The van der Waals surface area contributed by atoms with Gasteiger partial charge < -0.3 is 14.4 Å². The third-order valence-electron chi connectivity index (χ3n) is 2.93. The van der Waals surface area contributed by atoms with Gasteiger partial charge in [0.05, 0.1) is 13.2 Å². The van der Waals surface area contributed by atoms with Crippen LogP contribution in [0.15, 0.2) is 9.59 Å². The van der Waals surface area contributed by atoms with Crippen molar-refractivity contribution in [1.29, 1.82) is 0 Å². The van der Waals surface area contributed by atoms with E-state index in [-0.39, 0.29) is 36.6 Å². The first-order valence-electron chi connectivity index (χ1n) is 5.85. The number of fused-ring (bicyclic) bond motifs is 1. The summed E-state index contributed by atoms with van der Waals surface area (Å²) >= 11 is 0. The molecule has 0 spiro atoms. The van der Waals surface area contributed by atoms with Crippen LogP contribution in [0.1, 0.15) is 5.82 Å². The molecule has 0 aliphatic rings. The molecule has 9 nitrogen and oxygen atoms in total. The van der Waals surface area contributed by atoms with Gasteiger partial charge in [-0.3, -0.25) is 19.1 Å². The summed E-state index contributed by atoms with van der Waals surface area (Å²) in [4.78, 5) is 40.7. The molecule has 2 rings (SSSR count). The molecule has 2 aromatic rings. The number of methoxy groups -OCH3 is 1. The lowest BCUT2D eigenvalue weighted by molar-refractivity contribution is -0.136. The summed E-state index contributed by atoms with van der Waals surface area (Å²) in [5.41, 5.74) is -0.865. The van der Waals surface area contributed by atoms with E-state index in [0.29, 0.717) is 0 Å². The minimum Gasteiger partial charge on any atom is -0.481 e. The second-order valence-corrected chi connectivity index (χ2v) is 4.23. The maximum Gasteiger partial charge on any atom is 0.330 e. The van der Waals surface area contributed by atoms with Crippen LogP contribution in [0.2, 0.25) is 0 Å². The van der Waals surface area contributed by atoms with Crippen molar-refractivity contribution in [2.45, 2.75) is 13.0 Å². The first-order chi connectivity index (χ1) is 9.45. The maximum atomic E-state index is 11.8. The van der Waals surface area contributed by atoms with Crippen molar-refractivity contribution in [2.24, 2.45) is 7.05 Å². The van der Waals surface area contributed by atoms with Gasteiger partial charge in [0.2, 0.25) is 0 Å². The molecular formula is C11H14N4O5. The normalized spacial score (nSPS) is 11.1. The number of aromatic nitrogens is 4. The van der Waals surface area contributed by atoms with E-state index < -0.39 is 17.2 Å². The Labute approximate surface area is 112 Å². The predicted molar refractivity (Wildman–Crippen MR) is 68.8 cm³/mol. The minimum atomic E-state index is -1.06. The summed E-state index contributed by atoms with van der Waals surface area (Å²) in [6.45, 7) is 0.484. The molecule has 0 amide bonds. The molecule has 0 fully saturated rings. The van der Waals surface area contributed by atoms with E-state index in [1.165, 1.54) is 23.3 Å². The summed E-state index contributed by atoms with van der Waals surface area (Å²) in [5.74, 6) is -0.861. The number of rotatable bonds is 5. The summed E-state index contributed by atoms with van der Waals surface area (Å²) in [7, 11) is 3.02. The van der Waals surface area contributed by atoms with Crippen molar-refractivity contribution in [1.82, 2.24) is 19.1 Å². The monoisotopic (exact) mass is 282 g/mol. The number of nitrogens with zero attached hydrogens (tertiary/aromatic N) is 3. The van der Waals surface area contributed by atoms with Crippen LogP contribution in [0.5, 0.6) is 0 Å². The molecule has 0 bridgehead atoms. The molecule has 0 saturated heterocycles. The van der Waals surface area contributed by atoms with Gasteiger partial charge in [0.1, 0.15) is 12.2 Å². The molecule has 0 aromatic carbocycles. The highest BCUT2D eigenvalue weighted by Gasteiger charge is 2.17. The third kappa shape index (κ3) is 2.35. The van der Waals surface area contributed by atoms with E-state index in [1.807, 2.05) is 0 Å². The fourth-order valence-corrected chi connectivity index (χ4v) is 1.97. The van der Waals surface area contributed by atoms with Gasteiger partial charge in [-0.05, 0) is 0 Å². The zero-order valence-electron chi connectivity index (χ0n) is 11.0. The lowest BCUT2D eigenvalue weighted by Gasteiger charge is -2.04. The Morgan fingerprint density at radius 1 is 1.45 bits per heavy atom. The molecule has 20 heavy (non-hydrogen) atoms. The van der Waals surface area contributed by atoms with E-state index in [0.717, 1.165) is 0 Å². The zero-order chi connectivity index (χ0) is 14.9. The fraction of sp³-hybridized carbons (Fsp3) is 0.455. The highest BCUT2D eigenvalue weighted by atomic mass is 16.5. The van der Waals surface area contributed by atoms with Gasteiger partial charge in [-0.25, -0.2) is 9.78 Å². The van der Waals surface area contributed by atoms with Crippen LogP contribution >= 0.6 is 0 Å². The lowest BCUT2D eigenvalue weighted by Crippen LogP contribution is -2.32. The smallest absolute Gasteiger partial charge is 0.330 e. The first kappa shape index (κ1) is 14.0. The predicted octanol–water partition coefficient (Wildman–Crippen LogP) is -1.30. The first-order valence-corrected chi connectivity index (χ1v) is 5.85. The van der Waals surface area contributed by atoms with Gasteiger partial charge in [-0.1, -0.05) is 0 Å². The molecule has 2 aromatic heterocycles. The SMILES string of the molecule is COCCn1c(=O)[nH]c(=O)c2c1nc(CC(=O)O)n2C. The molecule has 0 saturated carbocycles. The fourth-order valence-electron chi connectivity index (χ4n) is 1.97. The van der Waals surface area contributed by atoms with Crippen LogP contribution in [-0.4, -0.2) is 43.9 Å². The Hall–Kier alpha value is -2.42. The summed E-state index contributed by atoms with van der Waals surface area (Å²) in [5, 5.41) is 8.82. The Bertz CT molecular complexity index is 769. The Kier molecular flexibility index (Phi) is 3.70. The molecule has 2 heterocycles. The van der Waals surface area contributed by atoms with Crippen molar-refractivity contribution in [2.75, 3.05) is 13.7 Å². The average Bonchev–Trinajstić information content (AvgIpc) is 2.66. The number of aromatic amines is 1. The number of aryl methyl sites for hydroxylation is 1. The van der Waals surface area contributed by atoms with Gasteiger partial charge in [0, 0.05) is 14.2 Å². The third-order valence-corrected chi connectivity index (χ3v) is 2.93. The number of H-pyrrole nitrogens is 1. The number of carboxylic acids is 1. The molecular weight excluding hydrogens is 268 g/mol. The number of imidazole rings is 1. The number of nitrogens with one attached hydrogen (secondary N) is 1. The van der Waals surface area contributed by atoms with Gasteiger partial charge in [-0.15, -0.1) is 0 Å². The molecule has 9 heteroatoms. The Morgan fingerprint density at radius 2 is 2.15 bits per heavy atom. The van der Waals surface area contributed by atoms with Gasteiger partial charge in [0.15, 0.2) is 11.2 Å². The standard InChI is InChI=1S/C11H14N4O5/c1-14-6(5-7(16)17)12-9-8(14)10(18)13-11(19)15(9)3-4-20-2/h3-5H2,1-2H3,(H,16,17)(H,13,18,19). The average molecular weight is 282 g/mol. The van der Waals surface area contributed by atoms with Crippen LogP contribution in [0.4, 0.5) is 0 Å². The van der Waals surface area contributed by atoms with E-state index in [4.69, 9.17) is 9.84 Å². The largest absolute Gasteiger partial charge is 0.481 e. The van der Waals surface area contributed by atoms with Crippen molar-refractivity contribution in [3.8, 4) is 0 Å². The Balaban J connectivity index is 2.71. The summed E-state index contributed by atoms with van der Waals surface area (Å²) in [6, 6.07) is 0. The van der Waals surface area contributed by atoms with Crippen molar-refractivity contribution < 1.29 is 14.6 Å². The van der Waals surface area contributed by atoms with Crippen molar-refractivity contribution in [3.05, 3.63) is 26.7 Å². The van der Waals surface area contributed by atoms with Crippen molar-refractivity contribution >= 4 is 17.1 Å². The van der Waals surface area contributed by atoms with Crippen molar-refractivity contribution in [3.63, 3.8) is 0 Å². The number of hydrogen-bond acceptors (Lipinski definition) is 5. The molecule has 0 unspecified atom stereocenters. The van der Waals surface area contributed by atoms with Crippen LogP contribution in [0, 0.1) is 0 Å². The van der Waals surface area contributed by atoms with Crippen LogP contribution < -0.4 is 11.2 Å². The number of aliphatic carboxylic acids is 1. The second kappa shape index (κ2) is 5.29. The Morgan fingerprint density at radius 3 is 2.75 bits per heavy atom. The number of ether oxygens (including phenoxy) is 1. The minimum absolute atomic E-state index is 0.162. The van der Waals surface area contributed by atoms with E-state index in [1.54, 1.807) is 0 Å². The van der Waals surface area contributed by atoms with Crippen LogP contribution in [0.25, 0.3) is 11.2 Å². The molecule has 0 atom stereocenters. The lowest BCUT2D eigenvalue weighted by atomic mass is 10.4. The van der Waals surface area contributed by atoms with E-state index >= 15 is 0 Å². The number of carboxylic acid groups (broad SMARTS) is 1. The quantitative estimate of drug-likeness (QED) is 0.703. The zero-order valence-corrected chi connectivity index (χ0v) is 11.0. The molecule has 108 valence electrons. The second-order valence-electron chi connectivity index (χ2n) is 4.23. The highest BCUT2D eigenvalue weighted by Crippen LogP contribution is 2.09. The summed E-state index contributed by atoms with van der Waals surface area (Å²) < 4.78 is 7.54. The van der Waals surface area contributed by atoms with Gasteiger partial charge in [-0.2, -0.15) is 0 Å². The number of hydrogen-bond donors (Lipinski definition) is 2. The summed E-state index contributed by atoms with van der Waals surface area (Å²) in [6.07, 6.45) is -0.330. The topological polar surface area (TPSA) is 119 Å². The van der Waals surface area contributed by atoms with Gasteiger partial charge >= 0.3 is 11.7 Å². The van der Waals surface area contributed by atoms with E-state index in [9.17, 15) is 14.4 Å². The van der Waals surface area contributed by atoms with Gasteiger partial charge in [0.25, 0.3) is 5.56 Å². The van der Waals surface area contributed by atoms with Crippen LogP contribution in [0.3, 0.4) is 0 Å². The number of carbonyl (C=O) groups is 1. The molecule has 0 aliphatic carbocycles. The van der Waals surface area contributed by atoms with Crippen LogP contribution in [-0.2, 0) is 29.5 Å². The maximum absolute atomic E-state index is 11.8.